The summed E-state index contributed by atoms with van der Waals surface area (Å²) in [4.78, 5) is 25.1. The quantitative estimate of drug-likeness (QED) is 0.897. The van der Waals surface area contributed by atoms with Gasteiger partial charge in [-0.15, -0.1) is 0 Å². The third kappa shape index (κ3) is 3.39. The Balaban J connectivity index is 2.14. The highest BCUT2D eigenvalue weighted by Crippen LogP contribution is 2.29. The van der Waals surface area contributed by atoms with Crippen LogP contribution in [0.5, 0.6) is 0 Å². The first kappa shape index (κ1) is 15.0. The number of benzene rings is 1. The van der Waals surface area contributed by atoms with Crippen LogP contribution in [0, 0.1) is 6.92 Å². The van der Waals surface area contributed by atoms with Crippen LogP contribution >= 0.6 is 15.9 Å². The Labute approximate surface area is 126 Å². The van der Waals surface area contributed by atoms with Gasteiger partial charge in [0.05, 0.1) is 6.42 Å². The predicted molar refractivity (Wildman–Crippen MR) is 79.5 cm³/mol. The second-order valence-corrected chi connectivity index (χ2v) is 6.21. The van der Waals surface area contributed by atoms with E-state index in [4.69, 9.17) is 5.11 Å². The minimum atomic E-state index is -0.947. The Morgan fingerprint density at radius 2 is 2.10 bits per heavy atom. The number of aryl methyl sites for hydroxylation is 1. The first-order valence-electron chi connectivity index (χ1n) is 6.69. The summed E-state index contributed by atoms with van der Waals surface area (Å²) in [5, 5.41) is 9.13. The lowest BCUT2D eigenvalue weighted by Gasteiger charge is -2.26. The minimum absolute atomic E-state index is 0.101. The molecule has 0 radical (unpaired) electrons. The number of hydrogen-bond donors (Lipinski definition) is 1. The number of aliphatic carboxylic acids is 1. The van der Waals surface area contributed by atoms with Crippen LogP contribution in [0.3, 0.4) is 0 Å². The number of carboxylic acids is 1. The maximum absolute atomic E-state index is 12.4. The van der Waals surface area contributed by atoms with Gasteiger partial charge in [0.2, 0.25) is 5.91 Å². The molecule has 5 heteroatoms. The highest BCUT2D eigenvalue weighted by molar-refractivity contribution is 9.10. The molecule has 1 unspecified atom stereocenters. The fraction of sp³-hybridized carbons (Fsp3) is 0.467. The van der Waals surface area contributed by atoms with Crippen molar-refractivity contribution in [3.8, 4) is 0 Å². The van der Waals surface area contributed by atoms with E-state index < -0.39 is 12.0 Å². The summed E-state index contributed by atoms with van der Waals surface area (Å²) in [6.45, 7) is 3.53. The zero-order valence-corrected chi connectivity index (χ0v) is 13.2. The normalized spacial score (nSPS) is 15.8. The molecule has 20 heavy (non-hydrogen) atoms. The van der Waals surface area contributed by atoms with Gasteiger partial charge in [0.15, 0.2) is 0 Å². The molecule has 1 aromatic rings. The van der Waals surface area contributed by atoms with Crippen LogP contribution in [-0.2, 0) is 16.0 Å². The molecule has 0 spiro atoms. The molecule has 108 valence electrons. The van der Waals surface area contributed by atoms with Crippen molar-refractivity contribution < 1.29 is 14.7 Å². The van der Waals surface area contributed by atoms with E-state index in [1.54, 1.807) is 6.92 Å². The first-order valence-corrected chi connectivity index (χ1v) is 7.48. The van der Waals surface area contributed by atoms with E-state index >= 15 is 0 Å². The highest BCUT2D eigenvalue weighted by Gasteiger charge is 2.38. The molecule has 1 aromatic carbocycles. The van der Waals surface area contributed by atoms with Gasteiger partial charge >= 0.3 is 5.97 Å². The summed E-state index contributed by atoms with van der Waals surface area (Å²) in [6, 6.07) is 5.12. The van der Waals surface area contributed by atoms with Gasteiger partial charge in [0.25, 0.3) is 0 Å². The van der Waals surface area contributed by atoms with Crippen molar-refractivity contribution in [2.45, 2.75) is 45.2 Å². The summed E-state index contributed by atoms with van der Waals surface area (Å²) >= 11 is 3.39. The van der Waals surface area contributed by atoms with Crippen LogP contribution in [0.1, 0.15) is 30.9 Å². The van der Waals surface area contributed by atoms with Gasteiger partial charge < -0.3 is 10.0 Å². The molecule has 1 aliphatic carbocycles. The van der Waals surface area contributed by atoms with Gasteiger partial charge in [-0.1, -0.05) is 22.0 Å². The molecule has 0 aromatic heterocycles. The molecule has 0 saturated heterocycles. The molecule has 1 atom stereocenters. The van der Waals surface area contributed by atoms with Gasteiger partial charge in [-0.3, -0.25) is 4.79 Å². The Hall–Kier alpha value is -1.36. The number of amides is 1. The molecule has 1 aliphatic rings. The monoisotopic (exact) mass is 339 g/mol. The highest BCUT2D eigenvalue weighted by atomic mass is 79.9. The topological polar surface area (TPSA) is 57.6 Å². The van der Waals surface area contributed by atoms with Crippen molar-refractivity contribution in [1.29, 1.82) is 0 Å². The van der Waals surface area contributed by atoms with Crippen LogP contribution in [0.15, 0.2) is 22.7 Å². The lowest BCUT2D eigenvalue weighted by molar-refractivity contribution is -0.149. The zero-order valence-electron chi connectivity index (χ0n) is 11.6. The van der Waals surface area contributed by atoms with Gasteiger partial charge in [0.1, 0.15) is 6.04 Å². The van der Waals surface area contributed by atoms with Crippen molar-refractivity contribution >= 4 is 27.8 Å². The summed E-state index contributed by atoms with van der Waals surface area (Å²) in [7, 11) is 0. The average Bonchev–Trinajstić information content (AvgIpc) is 3.17. The molecule has 0 aliphatic heterocycles. The average molecular weight is 340 g/mol. The van der Waals surface area contributed by atoms with Crippen molar-refractivity contribution in [2.24, 2.45) is 0 Å². The standard InChI is InChI=1S/C15H18BrNO3/c1-9-7-12(16)4-3-11(9)8-14(18)17(13-5-6-13)10(2)15(19)20/h3-4,7,10,13H,5-6,8H2,1-2H3,(H,19,20). The van der Waals surface area contributed by atoms with Crippen molar-refractivity contribution in [3.63, 3.8) is 0 Å². The number of rotatable bonds is 5. The van der Waals surface area contributed by atoms with E-state index in [0.29, 0.717) is 0 Å². The lowest BCUT2D eigenvalue weighted by Crippen LogP contribution is -2.45. The van der Waals surface area contributed by atoms with E-state index in [9.17, 15) is 9.59 Å². The van der Waals surface area contributed by atoms with E-state index in [-0.39, 0.29) is 18.4 Å². The van der Waals surface area contributed by atoms with Crippen LogP contribution in [-0.4, -0.2) is 34.0 Å². The Bertz CT molecular complexity index is 540. The fourth-order valence-electron chi connectivity index (χ4n) is 2.32. The number of carbonyl (C=O) groups is 2. The maximum Gasteiger partial charge on any atom is 0.326 e. The predicted octanol–water partition coefficient (Wildman–Crippen LogP) is 2.76. The third-order valence-electron chi connectivity index (χ3n) is 3.65. The lowest BCUT2D eigenvalue weighted by atomic mass is 10.0. The maximum atomic E-state index is 12.4. The second kappa shape index (κ2) is 5.95. The Morgan fingerprint density at radius 3 is 2.60 bits per heavy atom. The number of nitrogens with zero attached hydrogens (tertiary/aromatic N) is 1. The molecule has 1 saturated carbocycles. The van der Waals surface area contributed by atoms with E-state index in [2.05, 4.69) is 15.9 Å². The fourth-order valence-corrected chi connectivity index (χ4v) is 2.79. The summed E-state index contributed by atoms with van der Waals surface area (Å²) in [5.74, 6) is -1.05. The first-order chi connectivity index (χ1) is 9.40. The molecule has 0 heterocycles. The third-order valence-corrected chi connectivity index (χ3v) is 4.14. The van der Waals surface area contributed by atoms with Gasteiger partial charge in [0, 0.05) is 10.5 Å². The van der Waals surface area contributed by atoms with Crippen molar-refractivity contribution in [1.82, 2.24) is 4.90 Å². The number of carboxylic acid groups (broad SMARTS) is 1. The molecule has 1 N–H and O–H groups in total. The second-order valence-electron chi connectivity index (χ2n) is 5.29. The Morgan fingerprint density at radius 1 is 1.45 bits per heavy atom. The van der Waals surface area contributed by atoms with Gasteiger partial charge in [-0.2, -0.15) is 0 Å². The van der Waals surface area contributed by atoms with Crippen LogP contribution in [0.4, 0.5) is 0 Å². The van der Waals surface area contributed by atoms with Crippen LogP contribution in [0.2, 0.25) is 0 Å². The Kier molecular flexibility index (Phi) is 4.48. The van der Waals surface area contributed by atoms with E-state index in [1.165, 1.54) is 4.90 Å². The van der Waals surface area contributed by atoms with Crippen molar-refractivity contribution in [3.05, 3.63) is 33.8 Å². The van der Waals surface area contributed by atoms with Crippen LogP contribution < -0.4 is 0 Å². The summed E-state index contributed by atoms with van der Waals surface area (Å²) < 4.78 is 0.976. The van der Waals surface area contributed by atoms with Crippen LogP contribution in [0.25, 0.3) is 0 Å². The molecule has 4 nitrogen and oxygen atoms in total. The molecule has 2 rings (SSSR count). The number of hydrogen-bond acceptors (Lipinski definition) is 2. The SMILES string of the molecule is Cc1cc(Br)ccc1CC(=O)N(C1CC1)C(C)C(=O)O. The van der Waals surface area contributed by atoms with Gasteiger partial charge in [-0.25, -0.2) is 4.79 Å². The van der Waals surface area contributed by atoms with Gasteiger partial charge in [-0.05, 0) is 49.9 Å². The van der Waals surface area contributed by atoms with E-state index in [1.807, 2.05) is 25.1 Å². The molecule has 1 fully saturated rings. The zero-order chi connectivity index (χ0) is 14.9. The smallest absolute Gasteiger partial charge is 0.326 e. The minimum Gasteiger partial charge on any atom is -0.480 e. The number of halogens is 1. The largest absolute Gasteiger partial charge is 0.480 e. The summed E-state index contributed by atoms with van der Waals surface area (Å²) in [5.41, 5.74) is 1.98. The summed E-state index contributed by atoms with van der Waals surface area (Å²) in [6.07, 6.45) is 2.07. The molecular weight excluding hydrogens is 322 g/mol. The molecule has 0 bridgehead atoms. The van der Waals surface area contributed by atoms with Crippen molar-refractivity contribution in [2.75, 3.05) is 0 Å². The number of carbonyl (C=O) groups excluding carboxylic acids is 1. The molecule has 1 amide bonds. The molecular formula is C15H18BrNO3. The van der Waals surface area contributed by atoms with E-state index in [0.717, 1.165) is 28.4 Å².